The zero-order valence-corrected chi connectivity index (χ0v) is 17.3. The third-order valence-electron chi connectivity index (χ3n) is 4.26. The Kier molecular flexibility index (Phi) is 6.93. The number of likely N-dealkylation sites (N-methyl/N-ethyl adjacent to an activating group) is 2. The van der Waals surface area contributed by atoms with Crippen molar-refractivity contribution in [2.75, 3.05) is 30.4 Å². The van der Waals surface area contributed by atoms with Crippen LogP contribution in [0, 0.1) is 6.92 Å². The Labute approximate surface area is 166 Å². The van der Waals surface area contributed by atoms with Gasteiger partial charge in [0.15, 0.2) is 0 Å². The fourth-order valence-electron chi connectivity index (χ4n) is 2.80. The number of benzene rings is 2. The molecule has 0 aliphatic carbocycles. The van der Waals surface area contributed by atoms with E-state index in [9.17, 15) is 18.0 Å². The van der Waals surface area contributed by atoms with E-state index >= 15 is 0 Å². The highest BCUT2D eigenvalue weighted by Gasteiger charge is 2.25. The lowest BCUT2D eigenvalue weighted by Gasteiger charge is -2.25. The molecule has 2 aromatic rings. The molecule has 1 N–H and O–H groups in total. The fourth-order valence-corrected chi connectivity index (χ4v) is 3.92. The van der Waals surface area contributed by atoms with E-state index in [1.165, 1.54) is 38.2 Å². The molecule has 0 heterocycles. The van der Waals surface area contributed by atoms with Crippen molar-refractivity contribution in [3.63, 3.8) is 0 Å². The number of carbonyl (C=O) groups is 2. The molecule has 2 rings (SSSR count). The minimum atomic E-state index is -3.84. The first kappa shape index (κ1) is 21.6. The number of para-hydroxylation sites is 1. The van der Waals surface area contributed by atoms with Gasteiger partial charge in [0.2, 0.25) is 21.8 Å². The quantitative estimate of drug-likeness (QED) is 0.770. The molecule has 0 spiro atoms. The zero-order chi connectivity index (χ0) is 20.9. The smallest absolute Gasteiger partial charge is 0.243 e. The highest BCUT2D eigenvalue weighted by atomic mass is 32.2. The lowest BCUT2D eigenvalue weighted by atomic mass is 10.2. The van der Waals surface area contributed by atoms with E-state index in [1.54, 1.807) is 4.90 Å². The second kappa shape index (κ2) is 8.99. The van der Waals surface area contributed by atoms with Gasteiger partial charge in [-0.1, -0.05) is 18.2 Å². The molecule has 0 unspecified atom stereocenters. The minimum Gasteiger partial charge on any atom is -0.326 e. The molecule has 28 heavy (non-hydrogen) atoms. The van der Waals surface area contributed by atoms with Crippen LogP contribution in [0.3, 0.4) is 0 Å². The number of hydrogen-bond acceptors (Lipinski definition) is 4. The fraction of sp³-hybridized carbons (Fsp3) is 0.300. The van der Waals surface area contributed by atoms with Crippen molar-refractivity contribution in [3.8, 4) is 0 Å². The summed E-state index contributed by atoms with van der Waals surface area (Å²) in [6, 6.07) is 13.3. The lowest BCUT2D eigenvalue weighted by Crippen LogP contribution is -2.41. The normalized spacial score (nSPS) is 11.3. The monoisotopic (exact) mass is 403 g/mol. The number of sulfonamides is 1. The molecule has 0 aromatic heterocycles. The molecule has 0 radical (unpaired) electrons. The van der Waals surface area contributed by atoms with Crippen LogP contribution in [0.15, 0.2) is 53.4 Å². The van der Waals surface area contributed by atoms with Crippen LogP contribution in [0.2, 0.25) is 0 Å². The minimum absolute atomic E-state index is 0.0517. The van der Waals surface area contributed by atoms with Gasteiger partial charge in [0.05, 0.1) is 11.4 Å². The number of rotatable bonds is 7. The number of nitrogens with zero attached hydrogens (tertiary/aromatic N) is 2. The highest BCUT2D eigenvalue weighted by molar-refractivity contribution is 7.89. The van der Waals surface area contributed by atoms with E-state index in [4.69, 9.17) is 0 Å². The van der Waals surface area contributed by atoms with Crippen molar-refractivity contribution in [2.45, 2.75) is 25.7 Å². The predicted octanol–water partition coefficient (Wildman–Crippen LogP) is 2.63. The highest BCUT2D eigenvalue weighted by Crippen LogP contribution is 2.21. The Morgan fingerprint density at radius 1 is 1.04 bits per heavy atom. The molecule has 0 saturated heterocycles. The van der Waals surface area contributed by atoms with E-state index in [1.807, 2.05) is 38.1 Å². The third-order valence-corrected chi connectivity index (χ3v) is 6.08. The Hall–Kier alpha value is -2.71. The van der Waals surface area contributed by atoms with Gasteiger partial charge < -0.3 is 10.2 Å². The maximum absolute atomic E-state index is 12.8. The number of nitrogens with one attached hydrogen (secondary N) is 1. The zero-order valence-electron chi connectivity index (χ0n) is 16.5. The SMILES string of the molecule is CCN(C(=O)CN(C)S(=O)(=O)c1ccc(NC(C)=O)cc1)c1ccccc1C. The molecule has 0 fully saturated rings. The summed E-state index contributed by atoms with van der Waals surface area (Å²) in [5.74, 6) is -0.549. The largest absolute Gasteiger partial charge is 0.326 e. The molecular weight excluding hydrogens is 378 g/mol. The van der Waals surface area contributed by atoms with Gasteiger partial charge in [0.1, 0.15) is 0 Å². The lowest BCUT2D eigenvalue weighted by molar-refractivity contribution is -0.118. The first-order valence-corrected chi connectivity index (χ1v) is 10.3. The van der Waals surface area contributed by atoms with Crippen molar-refractivity contribution in [1.29, 1.82) is 0 Å². The summed E-state index contributed by atoms with van der Waals surface area (Å²) < 4.78 is 26.6. The van der Waals surface area contributed by atoms with Gasteiger partial charge in [-0.15, -0.1) is 0 Å². The summed E-state index contributed by atoms with van der Waals surface area (Å²) in [7, 11) is -2.46. The van der Waals surface area contributed by atoms with Crippen LogP contribution in [0.25, 0.3) is 0 Å². The number of carbonyl (C=O) groups excluding carboxylic acids is 2. The summed E-state index contributed by atoms with van der Waals surface area (Å²) in [4.78, 5) is 25.5. The molecule has 0 saturated carbocycles. The molecule has 150 valence electrons. The summed E-state index contributed by atoms with van der Waals surface area (Å²) >= 11 is 0. The topological polar surface area (TPSA) is 86.8 Å². The average molecular weight is 404 g/mol. The van der Waals surface area contributed by atoms with E-state index in [2.05, 4.69) is 5.32 Å². The Bertz CT molecular complexity index is 956. The summed E-state index contributed by atoms with van der Waals surface area (Å²) in [6.45, 7) is 5.28. The van der Waals surface area contributed by atoms with Gasteiger partial charge in [-0.25, -0.2) is 8.42 Å². The molecule has 0 bridgehead atoms. The maximum Gasteiger partial charge on any atom is 0.243 e. The van der Waals surface area contributed by atoms with Crippen LogP contribution in [-0.2, 0) is 19.6 Å². The molecule has 2 amide bonds. The van der Waals surface area contributed by atoms with Gasteiger partial charge in [-0.3, -0.25) is 9.59 Å². The van der Waals surface area contributed by atoms with Gasteiger partial charge in [0, 0.05) is 31.9 Å². The first-order valence-electron chi connectivity index (χ1n) is 8.86. The van der Waals surface area contributed by atoms with Crippen molar-refractivity contribution in [2.24, 2.45) is 0 Å². The van der Waals surface area contributed by atoms with Crippen LogP contribution in [0.5, 0.6) is 0 Å². The number of aryl methyl sites for hydroxylation is 1. The molecule has 0 atom stereocenters. The molecule has 8 heteroatoms. The number of anilines is 2. The van der Waals surface area contributed by atoms with Crippen molar-refractivity contribution >= 4 is 33.2 Å². The maximum atomic E-state index is 12.8. The van der Waals surface area contributed by atoms with Crippen molar-refractivity contribution in [3.05, 3.63) is 54.1 Å². The summed E-state index contributed by atoms with van der Waals surface area (Å²) in [5, 5.41) is 2.58. The van der Waals surface area contributed by atoms with Crippen LogP contribution in [0.1, 0.15) is 19.4 Å². The van der Waals surface area contributed by atoms with E-state index in [0.717, 1.165) is 15.6 Å². The number of hydrogen-bond donors (Lipinski definition) is 1. The Balaban J connectivity index is 2.17. The Morgan fingerprint density at radius 2 is 1.64 bits per heavy atom. The van der Waals surface area contributed by atoms with E-state index in [-0.39, 0.29) is 23.3 Å². The van der Waals surface area contributed by atoms with Crippen LogP contribution in [-0.4, -0.2) is 44.7 Å². The van der Waals surface area contributed by atoms with Gasteiger partial charge in [-0.05, 0) is 49.7 Å². The molecule has 0 aliphatic rings. The third kappa shape index (κ3) is 4.96. The van der Waals surface area contributed by atoms with Gasteiger partial charge >= 0.3 is 0 Å². The van der Waals surface area contributed by atoms with Crippen LogP contribution < -0.4 is 10.2 Å². The van der Waals surface area contributed by atoms with Crippen molar-refractivity contribution < 1.29 is 18.0 Å². The van der Waals surface area contributed by atoms with Crippen LogP contribution in [0.4, 0.5) is 11.4 Å². The summed E-state index contributed by atoms with van der Waals surface area (Å²) in [6.07, 6.45) is 0. The second-order valence-corrected chi connectivity index (χ2v) is 8.44. The Morgan fingerprint density at radius 3 is 2.18 bits per heavy atom. The first-order chi connectivity index (χ1) is 13.2. The van der Waals surface area contributed by atoms with E-state index < -0.39 is 10.0 Å². The van der Waals surface area contributed by atoms with Gasteiger partial charge in [0.25, 0.3) is 0 Å². The molecule has 2 aromatic carbocycles. The second-order valence-electron chi connectivity index (χ2n) is 6.39. The summed E-state index contributed by atoms with van der Waals surface area (Å²) in [5.41, 5.74) is 2.21. The molecule has 7 nitrogen and oxygen atoms in total. The standard InChI is InChI=1S/C20H25N3O4S/c1-5-23(19-9-7-6-8-15(19)2)20(25)14-22(4)28(26,27)18-12-10-17(11-13-18)21-16(3)24/h6-13H,5,14H2,1-4H3,(H,21,24). The van der Waals surface area contributed by atoms with Gasteiger partial charge in [-0.2, -0.15) is 4.31 Å². The average Bonchev–Trinajstić information content (AvgIpc) is 2.63. The predicted molar refractivity (Wildman–Crippen MR) is 110 cm³/mol. The number of amides is 2. The molecular formula is C20H25N3O4S. The van der Waals surface area contributed by atoms with E-state index in [0.29, 0.717) is 12.2 Å². The van der Waals surface area contributed by atoms with Crippen LogP contribution >= 0.6 is 0 Å². The van der Waals surface area contributed by atoms with Crippen molar-refractivity contribution in [1.82, 2.24) is 4.31 Å². The molecule has 0 aliphatic heterocycles.